The minimum atomic E-state index is -4.71. The lowest BCUT2D eigenvalue weighted by molar-refractivity contribution is -0.253. The lowest BCUT2D eigenvalue weighted by atomic mass is 9.86. The van der Waals surface area contributed by atoms with Gasteiger partial charge in [0.25, 0.3) is 0 Å². The molecule has 15 heteroatoms. The molecular weight excluding hydrogens is 510 g/mol. The van der Waals surface area contributed by atoms with E-state index in [1.54, 1.807) is 0 Å². The van der Waals surface area contributed by atoms with Gasteiger partial charge in [-0.15, -0.1) is 0 Å². The van der Waals surface area contributed by atoms with Crippen molar-refractivity contribution < 1.29 is 36.2 Å². The zero-order valence-corrected chi connectivity index (χ0v) is 18.9. The fourth-order valence-corrected chi connectivity index (χ4v) is 3.69. The summed E-state index contributed by atoms with van der Waals surface area (Å²) in [4.78, 5) is 16.9. The van der Waals surface area contributed by atoms with Gasteiger partial charge in [-0.25, -0.2) is 23.2 Å². The van der Waals surface area contributed by atoms with E-state index in [2.05, 4.69) is 19.9 Å². The van der Waals surface area contributed by atoms with Crippen LogP contribution in [0.5, 0.6) is 5.75 Å². The van der Waals surface area contributed by atoms with E-state index in [4.69, 9.17) is 0 Å². The minimum Gasteiger partial charge on any atom is -0.428 e. The first-order valence-electron chi connectivity index (χ1n) is 10.5. The first-order valence-corrected chi connectivity index (χ1v) is 10.5. The highest BCUT2D eigenvalue weighted by atomic mass is 19.3. The summed E-state index contributed by atoms with van der Waals surface area (Å²) in [5.74, 6) is -2.52. The number of halogens is 6. The number of hydrogen-bond acceptors (Lipinski definition) is 6. The molecule has 0 amide bonds. The maximum absolute atomic E-state index is 14.8. The topological polar surface area (TPSA) is 100.0 Å². The molecular formula is C22H18F6N6O3. The van der Waals surface area contributed by atoms with Crippen molar-refractivity contribution in [3.63, 3.8) is 0 Å². The second kappa shape index (κ2) is 9.72. The van der Waals surface area contributed by atoms with E-state index in [1.165, 1.54) is 24.3 Å². The summed E-state index contributed by atoms with van der Waals surface area (Å²) in [7, 11) is 0. The Bertz CT molecular complexity index is 1420. The van der Waals surface area contributed by atoms with Gasteiger partial charge in [-0.3, -0.25) is 4.57 Å². The second-order valence-corrected chi connectivity index (χ2v) is 8.01. The Hall–Kier alpha value is -4.14. The number of aromatic nitrogens is 6. The van der Waals surface area contributed by atoms with Crippen molar-refractivity contribution in [2.75, 3.05) is 0 Å². The zero-order valence-electron chi connectivity index (χ0n) is 18.9. The van der Waals surface area contributed by atoms with Crippen molar-refractivity contribution in [2.45, 2.75) is 37.6 Å². The molecule has 0 fully saturated rings. The Morgan fingerprint density at radius 3 is 2.35 bits per heavy atom. The maximum atomic E-state index is 14.8. The third-order valence-corrected chi connectivity index (χ3v) is 5.66. The van der Waals surface area contributed by atoms with Crippen LogP contribution in [0.4, 0.5) is 26.3 Å². The number of benzene rings is 2. The highest BCUT2D eigenvalue weighted by Gasteiger charge is 2.44. The van der Waals surface area contributed by atoms with Gasteiger partial charge in [0.2, 0.25) is 0 Å². The van der Waals surface area contributed by atoms with Crippen LogP contribution < -0.4 is 10.4 Å². The molecule has 2 aromatic heterocycles. The molecule has 196 valence electrons. The van der Waals surface area contributed by atoms with Crippen LogP contribution in [0.3, 0.4) is 0 Å². The average molecular weight is 528 g/mol. The summed E-state index contributed by atoms with van der Waals surface area (Å²) in [6.45, 7) is 1.02. The van der Waals surface area contributed by atoms with E-state index in [-0.39, 0.29) is 17.8 Å². The van der Waals surface area contributed by atoms with Gasteiger partial charge in [-0.05, 0) is 37.3 Å². The maximum Gasteiger partial charge on any atom is 0.461 e. The highest BCUT2D eigenvalue weighted by Crippen LogP contribution is 2.36. The van der Waals surface area contributed by atoms with Crippen molar-refractivity contribution in [1.82, 2.24) is 29.1 Å². The summed E-state index contributed by atoms with van der Waals surface area (Å²) >= 11 is 0. The van der Waals surface area contributed by atoms with E-state index >= 15 is 0 Å². The lowest BCUT2D eigenvalue weighted by Gasteiger charge is -2.34. The third kappa shape index (κ3) is 5.07. The van der Waals surface area contributed by atoms with Crippen molar-refractivity contribution in [3.8, 4) is 11.4 Å². The minimum absolute atomic E-state index is 0.0523. The molecule has 2 heterocycles. The van der Waals surface area contributed by atoms with Crippen LogP contribution >= 0.6 is 0 Å². The number of rotatable bonds is 9. The molecule has 9 nitrogen and oxygen atoms in total. The smallest absolute Gasteiger partial charge is 0.428 e. The van der Waals surface area contributed by atoms with Gasteiger partial charge in [0.05, 0.1) is 18.3 Å². The van der Waals surface area contributed by atoms with Gasteiger partial charge in [0, 0.05) is 11.6 Å². The molecule has 0 aliphatic heterocycles. The Morgan fingerprint density at radius 1 is 1.05 bits per heavy atom. The molecule has 0 saturated carbocycles. The van der Waals surface area contributed by atoms with Crippen molar-refractivity contribution in [1.29, 1.82) is 0 Å². The predicted molar refractivity (Wildman–Crippen MR) is 114 cm³/mol. The number of alkyl halides is 4. The molecule has 0 spiro atoms. The van der Waals surface area contributed by atoms with Gasteiger partial charge in [-0.1, -0.05) is 6.07 Å². The first kappa shape index (κ1) is 25.9. The van der Waals surface area contributed by atoms with Gasteiger partial charge >= 0.3 is 18.2 Å². The van der Waals surface area contributed by atoms with Gasteiger partial charge in [0.15, 0.2) is 0 Å². The molecule has 37 heavy (non-hydrogen) atoms. The molecule has 2 atom stereocenters. The standard InChI is InChI=1S/C22H18F6N6O3/c1-13(21(36,9-32-11-29-10-30-32)17-7-2-14(23)8-18(17)24)33-12-31-34(20(33)35)15-3-5-16(6-4-15)37-22(27,28)19(25)26/h2-8,10-13,19,36H,9H2,1H3/t13-,21-/m1/s1. The Labute approximate surface area is 204 Å². The van der Waals surface area contributed by atoms with E-state index in [0.29, 0.717) is 6.07 Å². The average Bonchev–Trinajstić information content (AvgIpc) is 3.48. The third-order valence-electron chi connectivity index (χ3n) is 5.66. The first-order chi connectivity index (χ1) is 17.4. The van der Waals surface area contributed by atoms with Crippen LogP contribution in [0.25, 0.3) is 5.69 Å². The molecule has 0 saturated heterocycles. The summed E-state index contributed by atoms with van der Waals surface area (Å²) in [6, 6.07) is 5.51. The summed E-state index contributed by atoms with van der Waals surface area (Å²) in [6.07, 6.45) is -5.27. The van der Waals surface area contributed by atoms with Crippen LogP contribution in [-0.2, 0) is 12.1 Å². The lowest BCUT2D eigenvalue weighted by Crippen LogP contribution is -2.43. The molecule has 2 aromatic carbocycles. The number of aliphatic hydroxyl groups is 1. The Kier molecular flexibility index (Phi) is 6.82. The van der Waals surface area contributed by atoms with Crippen molar-refractivity contribution in [3.05, 3.63) is 89.1 Å². The van der Waals surface area contributed by atoms with Crippen LogP contribution in [0.2, 0.25) is 0 Å². The molecule has 4 rings (SSSR count). The van der Waals surface area contributed by atoms with E-state index in [1.807, 2.05) is 0 Å². The fraction of sp³-hybridized carbons (Fsp3) is 0.273. The molecule has 1 N–H and O–H groups in total. The molecule has 0 bridgehead atoms. The quantitative estimate of drug-likeness (QED) is 0.335. The van der Waals surface area contributed by atoms with E-state index in [0.717, 1.165) is 52.0 Å². The molecule has 0 unspecified atom stereocenters. The molecule has 0 aliphatic carbocycles. The van der Waals surface area contributed by atoms with Crippen LogP contribution in [-0.4, -0.2) is 46.8 Å². The predicted octanol–water partition coefficient (Wildman–Crippen LogP) is 3.29. The summed E-state index contributed by atoms with van der Waals surface area (Å²) < 4.78 is 86.3. The van der Waals surface area contributed by atoms with E-state index < -0.39 is 47.3 Å². The van der Waals surface area contributed by atoms with Crippen molar-refractivity contribution >= 4 is 0 Å². The number of ether oxygens (including phenoxy) is 1. The fourth-order valence-electron chi connectivity index (χ4n) is 3.69. The molecule has 0 aliphatic rings. The molecule has 4 aromatic rings. The highest BCUT2D eigenvalue weighted by molar-refractivity contribution is 5.36. The van der Waals surface area contributed by atoms with Gasteiger partial charge in [0.1, 0.15) is 42.0 Å². The monoisotopic (exact) mass is 528 g/mol. The van der Waals surface area contributed by atoms with Crippen LogP contribution in [0.15, 0.2) is 66.2 Å². The van der Waals surface area contributed by atoms with Gasteiger partial charge in [-0.2, -0.15) is 32.4 Å². The summed E-state index contributed by atoms with van der Waals surface area (Å²) in [5.41, 5.74) is -3.24. The number of hydrogen-bond donors (Lipinski definition) is 1. The van der Waals surface area contributed by atoms with Crippen molar-refractivity contribution in [2.24, 2.45) is 0 Å². The summed E-state index contributed by atoms with van der Waals surface area (Å²) in [5, 5.41) is 19.5. The Morgan fingerprint density at radius 2 is 1.76 bits per heavy atom. The van der Waals surface area contributed by atoms with Crippen LogP contribution in [0, 0.1) is 11.6 Å². The largest absolute Gasteiger partial charge is 0.461 e. The Balaban J connectivity index is 1.69. The van der Waals surface area contributed by atoms with E-state index in [9.17, 15) is 36.2 Å². The van der Waals surface area contributed by atoms with Gasteiger partial charge < -0.3 is 9.84 Å². The number of nitrogens with zero attached hydrogens (tertiary/aromatic N) is 6. The SMILES string of the molecule is C[C@@H](n1cnn(-c2ccc(OC(F)(F)C(F)F)cc2)c1=O)[C@](O)(Cn1cncn1)c1ccc(F)cc1F. The normalized spacial score (nSPS) is 14.5. The van der Waals surface area contributed by atoms with Crippen LogP contribution in [0.1, 0.15) is 18.5 Å². The molecule has 0 radical (unpaired) electrons. The second-order valence-electron chi connectivity index (χ2n) is 8.01. The zero-order chi connectivity index (χ0) is 27.0.